The second-order valence-electron chi connectivity index (χ2n) is 7.83. The maximum absolute atomic E-state index is 13.5. The second kappa shape index (κ2) is 9.03. The number of rotatable bonds is 5. The van der Waals surface area contributed by atoms with Gasteiger partial charge in [-0.05, 0) is 48.5 Å². The Hall–Kier alpha value is -4.11. The molecule has 1 fully saturated rings. The van der Waals surface area contributed by atoms with Crippen LogP contribution < -0.4 is 4.90 Å². The zero-order valence-corrected chi connectivity index (χ0v) is 18.8. The van der Waals surface area contributed by atoms with E-state index in [1.807, 2.05) is 12.1 Å². The SMILES string of the molecule is O=C(c1cc(-c2ccco2)nn1-c1ccc(Cl)cc1)N1CCN(c2ccc([N+](=O)[O-])cc2)CC1. The minimum absolute atomic E-state index is 0.0559. The number of benzene rings is 2. The molecule has 1 aliphatic rings. The van der Waals surface area contributed by atoms with E-state index in [0.717, 1.165) is 11.4 Å². The molecule has 0 bridgehead atoms. The van der Waals surface area contributed by atoms with Crippen LogP contribution in [0.3, 0.4) is 0 Å². The van der Waals surface area contributed by atoms with Crippen LogP contribution in [0.25, 0.3) is 17.1 Å². The molecule has 1 aliphatic heterocycles. The summed E-state index contributed by atoms with van der Waals surface area (Å²) in [6.07, 6.45) is 1.57. The van der Waals surface area contributed by atoms with E-state index in [0.29, 0.717) is 48.3 Å². The van der Waals surface area contributed by atoms with Crippen LogP contribution >= 0.6 is 11.6 Å². The first-order chi connectivity index (χ1) is 16.5. The van der Waals surface area contributed by atoms with Crippen LogP contribution in [-0.2, 0) is 0 Å². The van der Waals surface area contributed by atoms with Gasteiger partial charge in [0.05, 0.1) is 16.9 Å². The molecular weight excluding hydrogens is 458 g/mol. The lowest BCUT2D eigenvalue weighted by molar-refractivity contribution is -0.384. The van der Waals surface area contributed by atoms with E-state index in [2.05, 4.69) is 10.00 Å². The average Bonchev–Trinajstić information content (AvgIpc) is 3.55. The number of anilines is 1. The van der Waals surface area contributed by atoms with E-state index in [-0.39, 0.29) is 11.6 Å². The Morgan fingerprint density at radius 2 is 1.65 bits per heavy atom. The number of non-ortho nitro benzene ring substituents is 1. The molecule has 0 aliphatic carbocycles. The highest BCUT2D eigenvalue weighted by molar-refractivity contribution is 6.30. The van der Waals surface area contributed by atoms with E-state index in [4.69, 9.17) is 16.0 Å². The summed E-state index contributed by atoms with van der Waals surface area (Å²) in [6.45, 7) is 2.25. The normalized spacial score (nSPS) is 13.8. The lowest BCUT2D eigenvalue weighted by atomic mass is 10.2. The van der Waals surface area contributed by atoms with Gasteiger partial charge in [-0.2, -0.15) is 5.10 Å². The van der Waals surface area contributed by atoms with Gasteiger partial charge in [0.25, 0.3) is 11.6 Å². The third-order valence-electron chi connectivity index (χ3n) is 5.77. The summed E-state index contributed by atoms with van der Waals surface area (Å²) in [5.41, 5.74) is 2.66. The van der Waals surface area contributed by atoms with Gasteiger partial charge in [0.2, 0.25) is 0 Å². The molecule has 2 aromatic carbocycles. The molecule has 172 valence electrons. The lowest BCUT2D eigenvalue weighted by Crippen LogP contribution is -2.49. The number of piperazine rings is 1. The minimum atomic E-state index is -0.415. The highest BCUT2D eigenvalue weighted by atomic mass is 35.5. The molecule has 9 nitrogen and oxygen atoms in total. The number of hydrogen-bond acceptors (Lipinski definition) is 6. The maximum Gasteiger partial charge on any atom is 0.272 e. The Morgan fingerprint density at radius 1 is 0.971 bits per heavy atom. The first-order valence-electron chi connectivity index (χ1n) is 10.7. The number of furan rings is 1. The first kappa shape index (κ1) is 21.7. The van der Waals surface area contributed by atoms with E-state index in [9.17, 15) is 14.9 Å². The summed E-state index contributed by atoms with van der Waals surface area (Å²) in [6, 6.07) is 18.9. The molecule has 3 heterocycles. The molecular formula is C24H20ClN5O4. The van der Waals surface area contributed by atoms with Gasteiger partial charge in [-0.3, -0.25) is 14.9 Å². The van der Waals surface area contributed by atoms with Gasteiger partial charge < -0.3 is 14.2 Å². The molecule has 10 heteroatoms. The van der Waals surface area contributed by atoms with Crippen molar-refractivity contribution in [2.75, 3.05) is 31.1 Å². The van der Waals surface area contributed by atoms with Crippen molar-refractivity contribution in [3.8, 4) is 17.1 Å². The predicted octanol–water partition coefficient (Wildman–Crippen LogP) is 4.66. The smallest absolute Gasteiger partial charge is 0.272 e. The number of hydrogen-bond donors (Lipinski definition) is 0. The van der Waals surface area contributed by atoms with Crippen LogP contribution in [0.5, 0.6) is 0 Å². The number of aromatic nitrogens is 2. The van der Waals surface area contributed by atoms with Crippen LogP contribution in [0.4, 0.5) is 11.4 Å². The third-order valence-corrected chi connectivity index (χ3v) is 6.02. The fraction of sp³-hybridized carbons (Fsp3) is 0.167. The van der Waals surface area contributed by atoms with Crippen LogP contribution in [0.15, 0.2) is 77.4 Å². The Bertz CT molecular complexity index is 1310. The molecule has 34 heavy (non-hydrogen) atoms. The summed E-state index contributed by atoms with van der Waals surface area (Å²) in [5, 5.41) is 16.1. The zero-order valence-electron chi connectivity index (χ0n) is 18.0. The van der Waals surface area contributed by atoms with Gasteiger partial charge in [-0.25, -0.2) is 4.68 Å². The molecule has 1 saturated heterocycles. The van der Waals surface area contributed by atoms with Crippen molar-refractivity contribution in [3.05, 3.63) is 93.8 Å². The van der Waals surface area contributed by atoms with E-state index < -0.39 is 4.92 Å². The number of carbonyl (C=O) groups excluding carboxylic acids is 1. The predicted molar refractivity (Wildman–Crippen MR) is 127 cm³/mol. The third kappa shape index (κ3) is 4.25. The van der Waals surface area contributed by atoms with Gasteiger partial charge in [0.15, 0.2) is 5.76 Å². The van der Waals surface area contributed by atoms with Gasteiger partial charge in [-0.1, -0.05) is 11.6 Å². The van der Waals surface area contributed by atoms with E-state index in [1.165, 1.54) is 12.1 Å². The molecule has 5 rings (SSSR count). The minimum Gasteiger partial charge on any atom is -0.463 e. The van der Waals surface area contributed by atoms with Gasteiger partial charge in [-0.15, -0.1) is 0 Å². The van der Waals surface area contributed by atoms with Gasteiger partial charge in [0.1, 0.15) is 11.4 Å². The van der Waals surface area contributed by atoms with E-state index in [1.54, 1.807) is 58.3 Å². The Morgan fingerprint density at radius 3 is 2.26 bits per heavy atom. The number of nitro groups is 1. The van der Waals surface area contributed by atoms with Crippen molar-refractivity contribution in [2.45, 2.75) is 0 Å². The number of halogens is 1. The Labute approximate surface area is 199 Å². The number of nitrogens with zero attached hydrogens (tertiary/aromatic N) is 5. The Kier molecular flexibility index (Phi) is 5.77. The van der Waals surface area contributed by atoms with Crippen molar-refractivity contribution >= 4 is 28.9 Å². The molecule has 0 unspecified atom stereocenters. The molecule has 0 saturated carbocycles. The molecule has 0 spiro atoms. The second-order valence-corrected chi connectivity index (χ2v) is 8.27. The van der Waals surface area contributed by atoms with Gasteiger partial charge >= 0.3 is 0 Å². The standard InChI is InChI=1S/C24H20ClN5O4/c25-17-3-5-19(6-4-17)29-22(16-21(26-29)23-2-1-15-34-23)24(31)28-13-11-27(12-14-28)18-7-9-20(10-8-18)30(32)33/h1-10,15-16H,11-14H2. The van der Waals surface area contributed by atoms with Crippen molar-refractivity contribution < 1.29 is 14.1 Å². The van der Waals surface area contributed by atoms with Crippen LogP contribution in [0, 0.1) is 10.1 Å². The summed E-state index contributed by atoms with van der Waals surface area (Å²) < 4.78 is 7.09. The Balaban J connectivity index is 1.37. The monoisotopic (exact) mass is 477 g/mol. The maximum atomic E-state index is 13.5. The zero-order chi connectivity index (χ0) is 23.7. The molecule has 0 N–H and O–H groups in total. The molecule has 2 aromatic heterocycles. The van der Waals surface area contributed by atoms with Crippen molar-refractivity contribution in [1.82, 2.24) is 14.7 Å². The fourth-order valence-electron chi connectivity index (χ4n) is 3.97. The van der Waals surface area contributed by atoms with Crippen molar-refractivity contribution in [2.24, 2.45) is 0 Å². The topological polar surface area (TPSA) is 97.7 Å². The molecule has 1 amide bonds. The van der Waals surface area contributed by atoms with E-state index >= 15 is 0 Å². The summed E-state index contributed by atoms with van der Waals surface area (Å²) in [7, 11) is 0. The highest BCUT2D eigenvalue weighted by Gasteiger charge is 2.27. The number of carbonyl (C=O) groups is 1. The lowest BCUT2D eigenvalue weighted by Gasteiger charge is -2.36. The quantitative estimate of drug-likeness (QED) is 0.306. The van der Waals surface area contributed by atoms with Crippen molar-refractivity contribution in [1.29, 1.82) is 0 Å². The van der Waals surface area contributed by atoms with Crippen LogP contribution in [0.2, 0.25) is 5.02 Å². The van der Waals surface area contributed by atoms with Crippen LogP contribution in [-0.4, -0.2) is 51.7 Å². The summed E-state index contributed by atoms with van der Waals surface area (Å²) in [4.78, 5) is 27.9. The summed E-state index contributed by atoms with van der Waals surface area (Å²) in [5.74, 6) is 0.438. The highest BCUT2D eigenvalue weighted by Crippen LogP contribution is 2.25. The first-order valence-corrected chi connectivity index (χ1v) is 11.1. The largest absolute Gasteiger partial charge is 0.463 e. The summed E-state index contributed by atoms with van der Waals surface area (Å²) >= 11 is 6.04. The van der Waals surface area contributed by atoms with Crippen molar-refractivity contribution in [3.63, 3.8) is 0 Å². The molecule has 0 radical (unpaired) electrons. The van der Waals surface area contributed by atoms with Crippen LogP contribution in [0.1, 0.15) is 10.5 Å². The fourth-order valence-corrected chi connectivity index (χ4v) is 4.10. The number of amides is 1. The number of nitro benzene ring substituents is 1. The molecule has 0 atom stereocenters. The molecule has 4 aromatic rings. The van der Waals surface area contributed by atoms with Gasteiger partial charge in [0, 0.05) is 55.1 Å². The average molecular weight is 478 g/mol.